The minimum atomic E-state index is -1.64. The maximum atomic E-state index is 12.9. The largest absolute Gasteiger partial charge is 0.487 e. The Labute approximate surface area is 90.5 Å². The van der Waals surface area contributed by atoms with E-state index >= 15 is 0 Å². The third kappa shape index (κ3) is 3.68. The minimum Gasteiger partial charge on any atom is -0.423 e. The van der Waals surface area contributed by atoms with Crippen LogP contribution in [0.5, 0.6) is 0 Å². The van der Waals surface area contributed by atoms with E-state index < -0.39 is 12.9 Å². The van der Waals surface area contributed by atoms with Crippen LogP contribution in [0.4, 0.5) is 4.39 Å². The van der Waals surface area contributed by atoms with Gasteiger partial charge in [-0.1, -0.05) is 37.6 Å². The summed E-state index contributed by atoms with van der Waals surface area (Å²) in [6.07, 6.45) is 0. The lowest BCUT2D eigenvalue weighted by molar-refractivity contribution is 0.425. The molecule has 15 heavy (non-hydrogen) atoms. The zero-order valence-electron chi connectivity index (χ0n) is 9.16. The molecule has 0 atom stereocenters. The van der Waals surface area contributed by atoms with Gasteiger partial charge in [0.2, 0.25) is 0 Å². The van der Waals surface area contributed by atoms with Crippen molar-refractivity contribution in [3.63, 3.8) is 0 Å². The van der Waals surface area contributed by atoms with E-state index in [9.17, 15) is 4.39 Å². The van der Waals surface area contributed by atoms with Crippen LogP contribution < -0.4 is 10.9 Å². The molecule has 0 saturated heterocycles. The molecule has 1 aromatic rings. The first-order valence-electron chi connectivity index (χ1n) is 4.81. The summed E-state index contributed by atoms with van der Waals surface area (Å²) in [7, 11) is 0.232. The van der Waals surface area contributed by atoms with Crippen LogP contribution in [0.1, 0.15) is 20.8 Å². The maximum absolute atomic E-state index is 12.9. The lowest BCUT2D eigenvalue weighted by atomic mass is 9.48. The van der Waals surface area contributed by atoms with E-state index in [1.807, 2.05) is 28.1 Å². The summed E-state index contributed by atoms with van der Waals surface area (Å²) in [5.41, 5.74) is 0.851. The summed E-state index contributed by atoms with van der Waals surface area (Å²) >= 11 is 0. The van der Waals surface area contributed by atoms with Gasteiger partial charge in [-0.05, 0) is 17.6 Å². The lowest BCUT2D eigenvalue weighted by Crippen LogP contribution is -2.46. The molecule has 0 heterocycles. The SMILES string of the molecule is CC(C)(C)[B]c1ccc(F)cc1B(O)O. The molecular formula is C10H14B2FO2. The molecule has 0 bridgehead atoms. The second-order valence-electron chi connectivity index (χ2n) is 4.66. The van der Waals surface area contributed by atoms with Gasteiger partial charge in [0.05, 0.1) is 0 Å². The third-order valence-electron chi connectivity index (χ3n) is 1.92. The summed E-state index contributed by atoms with van der Waals surface area (Å²) in [4.78, 5) is 0. The zero-order valence-corrected chi connectivity index (χ0v) is 9.16. The van der Waals surface area contributed by atoms with Crippen molar-refractivity contribution in [1.82, 2.24) is 0 Å². The smallest absolute Gasteiger partial charge is 0.423 e. The number of benzene rings is 1. The fourth-order valence-corrected chi connectivity index (χ4v) is 1.37. The Balaban J connectivity index is 3.06. The van der Waals surface area contributed by atoms with Crippen molar-refractivity contribution in [3.05, 3.63) is 24.0 Å². The molecule has 1 aromatic carbocycles. The van der Waals surface area contributed by atoms with Gasteiger partial charge in [0.1, 0.15) is 5.82 Å². The highest BCUT2D eigenvalue weighted by Gasteiger charge is 2.21. The summed E-state index contributed by atoms with van der Waals surface area (Å²) in [6.45, 7) is 5.97. The molecule has 1 radical (unpaired) electrons. The van der Waals surface area contributed by atoms with E-state index in [2.05, 4.69) is 0 Å². The van der Waals surface area contributed by atoms with Crippen LogP contribution in [0.2, 0.25) is 5.31 Å². The Bertz CT molecular complexity index is 348. The highest BCUT2D eigenvalue weighted by Crippen LogP contribution is 2.19. The number of hydrogen-bond donors (Lipinski definition) is 2. The highest BCUT2D eigenvalue weighted by atomic mass is 19.1. The molecule has 79 valence electrons. The molecule has 0 aliphatic rings. The number of hydrogen-bond acceptors (Lipinski definition) is 2. The molecule has 2 N–H and O–H groups in total. The van der Waals surface area contributed by atoms with Crippen molar-refractivity contribution in [2.75, 3.05) is 0 Å². The standard InChI is InChI=1S/C10H14B2FO2/c1-10(2,3)11-8-5-4-7(13)6-9(8)12(14)15/h4-6,14-15H,1-3H3. The summed E-state index contributed by atoms with van der Waals surface area (Å²) in [6, 6.07) is 4.00. The van der Waals surface area contributed by atoms with Gasteiger partial charge in [0.15, 0.2) is 7.28 Å². The molecule has 0 fully saturated rings. The van der Waals surface area contributed by atoms with E-state index in [1.165, 1.54) is 6.07 Å². The fourth-order valence-electron chi connectivity index (χ4n) is 1.37. The van der Waals surface area contributed by atoms with Gasteiger partial charge in [-0.3, -0.25) is 0 Å². The summed E-state index contributed by atoms with van der Waals surface area (Å²) < 4.78 is 12.9. The second kappa shape index (κ2) is 4.37. The predicted octanol–water partition coefficient (Wildman–Crippen LogP) is 0.0534. The topological polar surface area (TPSA) is 40.5 Å². The van der Waals surface area contributed by atoms with E-state index in [4.69, 9.17) is 10.0 Å². The van der Waals surface area contributed by atoms with Gasteiger partial charge in [-0.15, -0.1) is 0 Å². The first kappa shape index (κ1) is 12.3. The third-order valence-corrected chi connectivity index (χ3v) is 1.92. The van der Waals surface area contributed by atoms with Crippen LogP contribution in [0.3, 0.4) is 0 Å². The Morgan fingerprint density at radius 2 is 1.87 bits per heavy atom. The van der Waals surface area contributed by atoms with E-state index in [0.29, 0.717) is 5.46 Å². The highest BCUT2D eigenvalue weighted by molar-refractivity contribution is 6.70. The van der Waals surface area contributed by atoms with Gasteiger partial charge >= 0.3 is 7.12 Å². The molecule has 0 aliphatic heterocycles. The average molecular weight is 207 g/mol. The first-order valence-corrected chi connectivity index (χ1v) is 4.81. The van der Waals surface area contributed by atoms with Crippen molar-refractivity contribution < 1.29 is 14.4 Å². The van der Waals surface area contributed by atoms with Crippen LogP contribution in [0.25, 0.3) is 0 Å². The fraction of sp³-hybridized carbons (Fsp3) is 0.400. The maximum Gasteiger partial charge on any atom is 0.487 e. The molecule has 0 spiro atoms. The monoisotopic (exact) mass is 207 g/mol. The molecule has 0 unspecified atom stereocenters. The number of halogens is 1. The van der Waals surface area contributed by atoms with Gasteiger partial charge in [0, 0.05) is 0 Å². The minimum absolute atomic E-state index is 0.0958. The van der Waals surface area contributed by atoms with Crippen LogP contribution in [-0.2, 0) is 0 Å². The molecule has 0 amide bonds. The molecule has 2 nitrogen and oxygen atoms in total. The lowest BCUT2D eigenvalue weighted by Gasteiger charge is -2.19. The van der Waals surface area contributed by atoms with Crippen molar-refractivity contribution in [1.29, 1.82) is 0 Å². The normalized spacial score (nSPS) is 11.3. The van der Waals surface area contributed by atoms with Gasteiger partial charge in [-0.25, -0.2) is 4.39 Å². The van der Waals surface area contributed by atoms with Crippen molar-refractivity contribution >= 4 is 25.3 Å². The Kier molecular flexibility index (Phi) is 3.58. The van der Waals surface area contributed by atoms with Crippen LogP contribution in [0.15, 0.2) is 18.2 Å². The molecule has 0 aromatic heterocycles. The van der Waals surface area contributed by atoms with Crippen LogP contribution >= 0.6 is 0 Å². The van der Waals surface area contributed by atoms with Gasteiger partial charge in [-0.2, -0.15) is 0 Å². The van der Waals surface area contributed by atoms with Gasteiger partial charge < -0.3 is 10.0 Å². The quantitative estimate of drug-likeness (QED) is 0.672. The Hall–Kier alpha value is -0.800. The van der Waals surface area contributed by atoms with Crippen LogP contribution in [0, 0.1) is 5.82 Å². The van der Waals surface area contributed by atoms with Crippen molar-refractivity contribution in [2.24, 2.45) is 0 Å². The average Bonchev–Trinajstić information content (AvgIpc) is 2.05. The van der Waals surface area contributed by atoms with Crippen molar-refractivity contribution in [2.45, 2.75) is 26.1 Å². The molecular weight excluding hydrogens is 193 g/mol. The van der Waals surface area contributed by atoms with E-state index in [-0.39, 0.29) is 10.8 Å². The Morgan fingerprint density at radius 1 is 1.27 bits per heavy atom. The number of rotatable bonds is 2. The molecule has 5 heteroatoms. The van der Waals surface area contributed by atoms with Crippen molar-refractivity contribution in [3.8, 4) is 0 Å². The van der Waals surface area contributed by atoms with E-state index in [1.54, 1.807) is 6.07 Å². The summed E-state index contributed by atoms with van der Waals surface area (Å²) in [5, 5.41) is 18.1. The second-order valence-corrected chi connectivity index (χ2v) is 4.66. The zero-order chi connectivity index (χ0) is 11.6. The first-order chi connectivity index (χ1) is 6.79. The van der Waals surface area contributed by atoms with E-state index in [0.717, 1.165) is 6.07 Å². The van der Waals surface area contributed by atoms with Crippen LogP contribution in [-0.4, -0.2) is 24.4 Å². The predicted molar refractivity (Wildman–Crippen MR) is 61.3 cm³/mol. The molecule has 1 rings (SSSR count). The molecule has 0 aliphatic carbocycles. The molecule has 0 saturated carbocycles. The Morgan fingerprint density at radius 3 is 2.33 bits per heavy atom. The van der Waals surface area contributed by atoms with Gasteiger partial charge in [0.25, 0.3) is 0 Å². The summed E-state index contributed by atoms with van der Waals surface area (Å²) in [5.74, 6) is -0.468.